The zero-order valence-electron chi connectivity index (χ0n) is 12.3. The summed E-state index contributed by atoms with van der Waals surface area (Å²) in [6.45, 7) is 1.11. The minimum absolute atomic E-state index is 0.164. The quantitative estimate of drug-likeness (QED) is 0.592. The van der Waals surface area contributed by atoms with E-state index in [2.05, 4.69) is 10.2 Å². The van der Waals surface area contributed by atoms with Gasteiger partial charge in [-0.2, -0.15) is 0 Å². The molecule has 1 aromatic rings. The zero-order valence-corrected chi connectivity index (χ0v) is 12.3. The lowest BCUT2D eigenvalue weighted by molar-refractivity contribution is -0.154. The Bertz CT molecular complexity index is 587. The summed E-state index contributed by atoms with van der Waals surface area (Å²) < 4.78 is 10.0. The fourth-order valence-corrected chi connectivity index (χ4v) is 3.10. The molecule has 1 aliphatic heterocycles. The topological polar surface area (TPSA) is 103 Å². The predicted molar refractivity (Wildman–Crippen MR) is 71.0 cm³/mol. The summed E-state index contributed by atoms with van der Waals surface area (Å²) in [7, 11) is 0. The number of amides is 2. The number of carbonyl (C=O) groups is 3. The molecule has 1 saturated heterocycles. The highest BCUT2D eigenvalue weighted by molar-refractivity contribution is 6.07. The van der Waals surface area contributed by atoms with Crippen LogP contribution in [-0.2, 0) is 25.7 Å². The third-order valence-electron chi connectivity index (χ3n) is 4.14. The Balaban J connectivity index is 1.56. The van der Waals surface area contributed by atoms with Gasteiger partial charge in [-0.05, 0) is 12.8 Å². The van der Waals surface area contributed by atoms with Crippen LogP contribution < -0.4 is 0 Å². The maximum absolute atomic E-state index is 12.2. The number of aromatic nitrogens is 2. The van der Waals surface area contributed by atoms with E-state index in [1.165, 1.54) is 0 Å². The molecule has 1 aliphatic carbocycles. The van der Waals surface area contributed by atoms with E-state index >= 15 is 0 Å². The van der Waals surface area contributed by atoms with Crippen molar-refractivity contribution < 1.29 is 23.5 Å². The Morgan fingerprint density at radius 2 is 1.86 bits per heavy atom. The van der Waals surface area contributed by atoms with E-state index in [1.807, 2.05) is 0 Å². The molecule has 1 aromatic heterocycles. The van der Waals surface area contributed by atoms with Crippen molar-refractivity contribution in [3.05, 3.63) is 11.8 Å². The lowest BCUT2D eigenvalue weighted by Gasteiger charge is -2.19. The lowest BCUT2D eigenvalue weighted by atomic mass is 9.81. The van der Waals surface area contributed by atoms with Crippen molar-refractivity contribution in [2.24, 2.45) is 11.8 Å². The summed E-state index contributed by atoms with van der Waals surface area (Å²) in [6, 6.07) is 0. The number of rotatable bonds is 4. The normalized spacial score (nSPS) is 24.5. The Labute approximate surface area is 126 Å². The van der Waals surface area contributed by atoms with Gasteiger partial charge in [-0.25, -0.2) is 0 Å². The highest BCUT2D eigenvalue weighted by atomic mass is 16.5. The number of carbonyl (C=O) groups excluding carboxylic acids is 3. The van der Waals surface area contributed by atoms with Crippen molar-refractivity contribution >= 4 is 17.8 Å². The second-order valence-corrected chi connectivity index (χ2v) is 5.64. The first-order valence-corrected chi connectivity index (χ1v) is 7.36. The molecule has 2 atom stereocenters. The summed E-state index contributed by atoms with van der Waals surface area (Å²) in [4.78, 5) is 37.3. The van der Waals surface area contributed by atoms with Gasteiger partial charge in [-0.1, -0.05) is 12.8 Å². The number of hydrogen-bond acceptors (Lipinski definition) is 7. The van der Waals surface area contributed by atoms with Gasteiger partial charge in [0.1, 0.15) is 6.54 Å². The highest BCUT2D eigenvalue weighted by Gasteiger charge is 2.48. The van der Waals surface area contributed by atoms with Crippen molar-refractivity contribution in [2.45, 2.75) is 39.2 Å². The minimum Gasteiger partial charge on any atom is -0.454 e. The number of imide groups is 1. The number of likely N-dealkylation sites (tertiary alicyclic amines) is 1. The van der Waals surface area contributed by atoms with Gasteiger partial charge in [0, 0.05) is 6.92 Å². The van der Waals surface area contributed by atoms with Crippen LogP contribution in [0.5, 0.6) is 0 Å². The summed E-state index contributed by atoms with van der Waals surface area (Å²) in [5, 5.41) is 7.31. The first-order chi connectivity index (χ1) is 10.6. The first kappa shape index (κ1) is 14.7. The Hall–Kier alpha value is -2.25. The molecule has 2 heterocycles. The third-order valence-corrected chi connectivity index (χ3v) is 4.14. The van der Waals surface area contributed by atoms with Crippen LogP contribution in [0.4, 0.5) is 0 Å². The van der Waals surface area contributed by atoms with Gasteiger partial charge in [-0.15, -0.1) is 10.2 Å². The van der Waals surface area contributed by atoms with E-state index in [0.29, 0.717) is 5.89 Å². The molecule has 0 unspecified atom stereocenters. The van der Waals surface area contributed by atoms with Crippen LogP contribution in [0.15, 0.2) is 4.42 Å². The van der Waals surface area contributed by atoms with Gasteiger partial charge in [0.15, 0.2) is 6.61 Å². The standard InChI is InChI=1S/C14H17N3O5/c1-8-15-16-11(22-8)7-21-12(18)6-17-13(19)9-4-2-3-5-10(9)14(17)20/h9-10H,2-7H2,1H3/t9-,10-/m0/s1. The SMILES string of the molecule is Cc1nnc(COC(=O)CN2C(=O)[C@H]3CCCC[C@@H]3C2=O)o1. The maximum Gasteiger partial charge on any atom is 0.326 e. The molecule has 2 amide bonds. The van der Waals surface area contributed by atoms with E-state index in [1.54, 1.807) is 6.92 Å². The molecule has 118 valence electrons. The van der Waals surface area contributed by atoms with E-state index in [4.69, 9.17) is 9.15 Å². The Morgan fingerprint density at radius 1 is 1.23 bits per heavy atom. The Morgan fingerprint density at radius 3 is 2.41 bits per heavy atom. The number of ether oxygens (including phenoxy) is 1. The summed E-state index contributed by atoms with van der Waals surface area (Å²) in [5.41, 5.74) is 0. The molecule has 2 aliphatic rings. The molecule has 1 saturated carbocycles. The highest BCUT2D eigenvalue weighted by Crippen LogP contribution is 2.37. The van der Waals surface area contributed by atoms with E-state index in [0.717, 1.165) is 30.6 Å². The second kappa shape index (κ2) is 5.86. The molecule has 8 heteroatoms. The van der Waals surface area contributed by atoms with Crippen LogP contribution in [0.1, 0.15) is 37.5 Å². The average Bonchev–Trinajstić information content (AvgIpc) is 3.03. The van der Waals surface area contributed by atoms with E-state index in [9.17, 15) is 14.4 Å². The van der Waals surface area contributed by atoms with Crippen molar-refractivity contribution in [1.29, 1.82) is 0 Å². The largest absolute Gasteiger partial charge is 0.454 e. The fraction of sp³-hybridized carbons (Fsp3) is 0.643. The number of nitrogens with zero attached hydrogens (tertiary/aromatic N) is 3. The van der Waals surface area contributed by atoms with Gasteiger partial charge in [0.2, 0.25) is 17.7 Å². The molecule has 2 fully saturated rings. The second-order valence-electron chi connectivity index (χ2n) is 5.64. The van der Waals surface area contributed by atoms with Crippen molar-refractivity contribution in [3.8, 4) is 0 Å². The zero-order chi connectivity index (χ0) is 15.7. The van der Waals surface area contributed by atoms with Crippen LogP contribution in [0.3, 0.4) is 0 Å². The molecular formula is C14H17N3O5. The molecule has 0 radical (unpaired) electrons. The van der Waals surface area contributed by atoms with Crippen LogP contribution in [-0.4, -0.2) is 39.4 Å². The number of fused-ring (bicyclic) bond motifs is 1. The molecule has 22 heavy (non-hydrogen) atoms. The molecule has 8 nitrogen and oxygen atoms in total. The smallest absolute Gasteiger partial charge is 0.326 e. The predicted octanol–water partition coefficient (Wildman–Crippen LogP) is 0.596. The molecule has 0 N–H and O–H groups in total. The van der Waals surface area contributed by atoms with Gasteiger partial charge in [0.05, 0.1) is 11.8 Å². The van der Waals surface area contributed by atoms with E-state index in [-0.39, 0.29) is 42.7 Å². The summed E-state index contributed by atoms with van der Waals surface area (Å²) in [6.07, 6.45) is 3.36. The number of aryl methyl sites for hydroxylation is 1. The molecular weight excluding hydrogens is 290 g/mol. The molecule has 0 spiro atoms. The maximum atomic E-state index is 12.2. The van der Waals surface area contributed by atoms with Gasteiger partial charge in [0.25, 0.3) is 5.89 Å². The van der Waals surface area contributed by atoms with Crippen LogP contribution >= 0.6 is 0 Å². The first-order valence-electron chi connectivity index (χ1n) is 7.36. The summed E-state index contributed by atoms with van der Waals surface area (Å²) >= 11 is 0. The van der Waals surface area contributed by atoms with E-state index < -0.39 is 5.97 Å². The molecule has 0 bridgehead atoms. The van der Waals surface area contributed by atoms with Crippen molar-refractivity contribution in [3.63, 3.8) is 0 Å². The third kappa shape index (κ3) is 2.72. The molecule has 3 rings (SSSR count). The number of esters is 1. The van der Waals surface area contributed by atoms with Crippen LogP contribution in [0.2, 0.25) is 0 Å². The summed E-state index contributed by atoms with van der Waals surface area (Å²) in [5.74, 6) is -1.12. The Kier molecular flexibility index (Phi) is 3.91. The molecule has 0 aromatic carbocycles. The monoisotopic (exact) mass is 307 g/mol. The van der Waals surface area contributed by atoms with Crippen molar-refractivity contribution in [1.82, 2.24) is 15.1 Å². The number of hydrogen-bond donors (Lipinski definition) is 0. The average molecular weight is 307 g/mol. The van der Waals surface area contributed by atoms with Gasteiger partial charge >= 0.3 is 5.97 Å². The van der Waals surface area contributed by atoms with Crippen LogP contribution in [0, 0.1) is 18.8 Å². The minimum atomic E-state index is -0.656. The fourth-order valence-electron chi connectivity index (χ4n) is 3.10. The van der Waals surface area contributed by atoms with Crippen molar-refractivity contribution in [2.75, 3.05) is 6.54 Å². The van der Waals surface area contributed by atoms with Gasteiger partial charge < -0.3 is 9.15 Å². The lowest BCUT2D eigenvalue weighted by Crippen LogP contribution is -2.36. The van der Waals surface area contributed by atoms with Gasteiger partial charge in [-0.3, -0.25) is 19.3 Å². The van der Waals surface area contributed by atoms with Crippen LogP contribution in [0.25, 0.3) is 0 Å².